The first-order valence-electron chi connectivity index (χ1n) is 9.10. The average molecular weight is 341 g/mol. The molecular weight excluding hydrogens is 318 g/mol. The van der Waals surface area contributed by atoms with Crippen LogP contribution in [0.5, 0.6) is 0 Å². The van der Waals surface area contributed by atoms with Gasteiger partial charge in [-0.1, -0.05) is 37.3 Å². The molecule has 0 bridgehead atoms. The van der Waals surface area contributed by atoms with Crippen LogP contribution in [0, 0.1) is 0 Å². The van der Waals surface area contributed by atoms with Crippen molar-refractivity contribution in [1.82, 2.24) is 14.7 Å². The maximum Gasteiger partial charge on any atom is 0.328 e. The van der Waals surface area contributed by atoms with Crippen LogP contribution in [0.1, 0.15) is 44.2 Å². The number of hydrogen-bond acceptors (Lipinski definition) is 3. The van der Waals surface area contributed by atoms with E-state index in [1.165, 1.54) is 4.90 Å². The van der Waals surface area contributed by atoms with Gasteiger partial charge in [-0.25, -0.2) is 4.79 Å². The van der Waals surface area contributed by atoms with E-state index in [4.69, 9.17) is 0 Å². The highest BCUT2D eigenvalue weighted by atomic mass is 16.2. The van der Waals surface area contributed by atoms with Crippen LogP contribution in [0.2, 0.25) is 0 Å². The van der Waals surface area contributed by atoms with Crippen LogP contribution >= 0.6 is 0 Å². The molecule has 3 heterocycles. The predicted octanol–water partition coefficient (Wildman–Crippen LogP) is 2.17. The molecule has 6 heteroatoms. The molecule has 1 unspecified atom stereocenters. The molecule has 4 amide bonds. The number of rotatable bonds is 3. The zero-order valence-electron chi connectivity index (χ0n) is 14.4. The van der Waals surface area contributed by atoms with Crippen molar-refractivity contribution in [1.29, 1.82) is 0 Å². The maximum atomic E-state index is 13.0. The molecule has 0 aromatic heterocycles. The van der Waals surface area contributed by atoms with Gasteiger partial charge in [0.25, 0.3) is 5.91 Å². The fourth-order valence-electron chi connectivity index (χ4n) is 4.44. The van der Waals surface area contributed by atoms with Crippen LogP contribution < -0.4 is 0 Å². The lowest BCUT2D eigenvalue weighted by molar-refractivity contribution is -0.132. The number of fused-ring (bicyclic) bond motifs is 1. The Hall–Kier alpha value is -2.37. The fourth-order valence-corrected chi connectivity index (χ4v) is 4.44. The summed E-state index contributed by atoms with van der Waals surface area (Å²) in [5.41, 5.74) is 1.09. The van der Waals surface area contributed by atoms with Crippen molar-refractivity contribution in [2.75, 3.05) is 13.1 Å². The Morgan fingerprint density at radius 3 is 2.52 bits per heavy atom. The molecule has 3 saturated heterocycles. The minimum absolute atomic E-state index is 0.0255. The summed E-state index contributed by atoms with van der Waals surface area (Å²) in [7, 11) is 0. The SMILES string of the molecule is CCC(=O)N1CCC(N2C(=O)[C@@H]3CC[C@@H](c4ccccc4)N3C2=O)C1. The van der Waals surface area contributed by atoms with Crippen LogP contribution in [0.15, 0.2) is 30.3 Å². The number of nitrogens with zero attached hydrogens (tertiary/aromatic N) is 3. The molecule has 3 aliphatic rings. The minimum Gasteiger partial charge on any atom is -0.341 e. The van der Waals surface area contributed by atoms with E-state index in [1.807, 2.05) is 37.3 Å². The zero-order valence-corrected chi connectivity index (χ0v) is 14.4. The molecule has 3 atom stereocenters. The highest BCUT2D eigenvalue weighted by Crippen LogP contribution is 2.42. The lowest BCUT2D eigenvalue weighted by Crippen LogP contribution is -2.44. The van der Waals surface area contributed by atoms with E-state index < -0.39 is 0 Å². The lowest BCUT2D eigenvalue weighted by Gasteiger charge is -2.26. The van der Waals surface area contributed by atoms with Crippen LogP contribution in [-0.2, 0) is 9.59 Å². The van der Waals surface area contributed by atoms with Gasteiger partial charge in [-0.15, -0.1) is 0 Å². The van der Waals surface area contributed by atoms with Gasteiger partial charge in [0.2, 0.25) is 5.91 Å². The zero-order chi connectivity index (χ0) is 17.6. The predicted molar refractivity (Wildman–Crippen MR) is 91.6 cm³/mol. The van der Waals surface area contributed by atoms with Gasteiger partial charge in [-0.3, -0.25) is 14.5 Å². The first kappa shape index (κ1) is 16.1. The van der Waals surface area contributed by atoms with E-state index >= 15 is 0 Å². The number of carbonyl (C=O) groups excluding carboxylic acids is 3. The van der Waals surface area contributed by atoms with Crippen LogP contribution in [-0.4, -0.2) is 57.7 Å². The first-order chi connectivity index (χ1) is 12.1. The molecule has 3 aliphatic heterocycles. The van der Waals surface area contributed by atoms with E-state index in [9.17, 15) is 14.4 Å². The van der Waals surface area contributed by atoms with Crippen molar-refractivity contribution in [2.45, 2.75) is 50.7 Å². The number of hydrogen-bond donors (Lipinski definition) is 0. The minimum atomic E-state index is -0.339. The van der Waals surface area contributed by atoms with Gasteiger partial charge in [-0.2, -0.15) is 0 Å². The number of likely N-dealkylation sites (tertiary alicyclic amines) is 1. The van der Waals surface area contributed by atoms with E-state index in [2.05, 4.69) is 0 Å². The fraction of sp³-hybridized carbons (Fsp3) is 0.526. The number of urea groups is 1. The number of benzene rings is 1. The molecule has 0 spiro atoms. The molecule has 1 aromatic carbocycles. The Balaban J connectivity index is 1.54. The van der Waals surface area contributed by atoms with Crippen LogP contribution in [0.25, 0.3) is 0 Å². The standard InChI is InChI=1S/C19H23N3O3/c1-2-17(23)20-11-10-14(12-20)21-18(24)16-9-8-15(22(16)19(21)25)13-6-4-3-5-7-13/h3-7,14-16H,2,8-12H2,1H3/t14?,15-,16-/m0/s1. The smallest absolute Gasteiger partial charge is 0.328 e. The summed E-state index contributed by atoms with van der Waals surface area (Å²) in [6.45, 7) is 2.93. The Bertz CT molecular complexity index is 705. The quantitative estimate of drug-likeness (QED) is 0.792. The van der Waals surface area contributed by atoms with Crippen molar-refractivity contribution in [2.24, 2.45) is 0 Å². The van der Waals surface area contributed by atoms with Gasteiger partial charge in [0, 0.05) is 19.5 Å². The van der Waals surface area contributed by atoms with E-state index in [1.54, 1.807) is 9.80 Å². The summed E-state index contributed by atoms with van der Waals surface area (Å²) in [5.74, 6) is 0.00323. The van der Waals surface area contributed by atoms with Gasteiger partial charge in [0.1, 0.15) is 6.04 Å². The molecule has 0 radical (unpaired) electrons. The second-order valence-electron chi connectivity index (χ2n) is 7.05. The molecule has 132 valence electrons. The van der Waals surface area contributed by atoms with Gasteiger partial charge in [0.05, 0.1) is 12.1 Å². The molecule has 4 rings (SSSR count). The maximum absolute atomic E-state index is 13.0. The normalized spacial score (nSPS) is 28.8. The first-order valence-corrected chi connectivity index (χ1v) is 9.10. The third-order valence-electron chi connectivity index (χ3n) is 5.70. The molecule has 3 fully saturated rings. The average Bonchev–Trinajstić information content (AvgIpc) is 3.33. The third-order valence-corrected chi connectivity index (χ3v) is 5.70. The summed E-state index contributed by atoms with van der Waals surface area (Å²) in [6.07, 6.45) is 2.68. The van der Waals surface area contributed by atoms with Crippen LogP contribution in [0.3, 0.4) is 0 Å². The number of imide groups is 1. The summed E-state index contributed by atoms with van der Waals surface area (Å²) in [6, 6.07) is 9.19. The topological polar surface area (TPSA) is 60.9 Å². The number of carbonyl (C=O) groups is 3. The van der Waals surface area contributed by atoms with Gasteiger partial charge in [0.15, 0.2) is 0 Å². The molecule has 0 N–H and O–H groups in total. The molecule has 0 aliphatic carbocycles. The van der Waals surface area contributed by atoms with Crippen molar-refractivity contribution >= 4 is 17.8 Å². The second kappa shape index (κ2) is 6.17. The summed E-state index contributed by atoms with van der Waals surface area (Å²) >= 11 is 0. The highest BCUT2D eigenvalue weighted by Gasteiger charge is 2.54. The Morgan fingerprint density at radius 1 is 1.08 bits per heavy atom. The van der Waals surface area contributed by atoms with Gasteiger partial charge in [-0.05, 0) is 24.8 Å². The molecule has 1 aromatic rings. The Kier molecular flexibility index (Phi) is 3.98. The Morgan fingerprint density at radius 2 is 1.80 bits per heavy atom. The molecule has 6 nitrogen and oxygen atoms in total. The van der Waals surface area contributed by atoms with Gasteiger partial charge < -0.3 is 9.80 Å². The second-order valence-corrected chi connectivity index (χ2v) is 7.05. The molecule has 0 saturated carbocycles. The largest absolute Gasteiger partial charge is 0.341 e. The molecule has 25 heavy (non-hydrogen) atoms. The van der Waals surface area contributed by atoms with E-state index in [0.717, 1.165) is 12.0 Å². The van der Waals surface area contributed by atoms with Crippen molar-refractivity contribution in [3.8, 4) is 0 Å². The lowest BCUT2D eigenvalue weighted by atomic mass is 10.0. The monoisotopic (exact) mass is 341 g/mol. The van der Waals surface area contributed by atoms with Crippen molar-refractivity contribution < 1.29 is 14.4 Å². The van der Waals surface area contributed by atoms with E-state index in [-0.39, 0.29) is 36.0 Å². The highest BCUT2D eigenvalue weighted by molar-refractivity contribution is 6.05. The van der Waals surface area contributed by atoms with E-state index in [0.29, 0.717) is 32.4 Å². The van der Waals surface area contributed by atoms with Gasteiger partial charge >= 0.3 is 6.03 Å². The van der Waals surface area contributed by atoms with Crippen LogP contribution in [0.4, 0.5) is 4.79 Å². The van der Waals surface area contributed by atoms with Crippen molar-refractivity contribution in [3.05, 3.63) is 35.9 Å². The summed E-state index contributed by atoms with van der Waals surface area (Å²) in [4.78, 5) is 42.8. The Labute approximate surface area is 147 Å². The number of amides is 4. The van der Waals surface area contributed by atoms with Crippen molar-refractivity contribution in [3.63, 3.8) is 0 Å². The third kappa shape index (κ3) is 2.51. The molecular formula is C19H23N3O3. The summed E-state index contributed by atoms with van der Waals surface area (Å²) in [5, 5.41) is 0. The summed E-state index contributed by atoms with van der Waals surface area (Å²) < 4.78 is 0.